The van der Waals surface area contributed by atoms with Crippen LogP contribution in [0.15, 0.2) is 35.6 Å². The van der Waals surface area contributed by atoms with Crippen molar-refractivity contribution in [1.29, 1.82) is 0 Å². The van der Waals surface area contributed by atoms with Crippen LogP contribution in [0.3, 0.4) is 0 Å². The van der Waals surface area contributed by atoms with Gasteiger partial charge in [-0.3, -0.25) is 4.79 Å². The zero-order valence-corrected chi connectivity index (χ0v) is 16.5. The zero-order valence-electron chi connectivity index (χ0n) is 15.7. The smallest absolute Gasteiger partial charge is 0.230 e. The van der Waals surface area contributed by atoms with E-state index in [4.69, 9.17) is 4.74 Å². The number of aromatic nitrogens is 2. The molecule has 1 aromatic heterocycles. The number of amides is 1. The molecule has 0 radical (unpaired) electrons. The highest BCUT2D eigenvalue weighted by Gasteiger charge is 2.17. The summed E-state index contributed by atoms with van der Waals surface area (Å²) in [5.74, 6) is 1.20. The second-order valence-electron chi connectivity index (χ2n) is 6.84. The van der Waals surface area contributed by atoms with Crippen molar-refractivity contribution >= 4 is 17.7 Å². The van der Waals surface area contributed by atoms with Crippen molar-refractivity contribution in [3.05, 3.63) is 41.7 Å². The quantitative estimate of drug-likeness (QED) is 0.679. The third kappa shape index (κ3) is 5.74. The first kappa shape index (κ1) is 19.8. The van der Waals surface area contributed by atoms with E-state index in [0.717, 1.165) is 29.3 Å². The molecular formula is C20H27N3O3S. The van der Waals surface area contributed by atoms with Crippen LogP contribution in [0.4, 0.5) is 0 Å². The van der Waals surface area contributed by atoms with Gasteiger partial charge in [-0.25, -0.2) is 4.98 Å². The summed E-state index contributed by atoms with van der Waals surface area (Å²) in [5.41, 5.74) is 1.71. The molecule has 1 aliphatic rings. The second-order valence-corrected chi connectivity index (χ2v) is 7.78. The van der Waals surface area contributed by atoms with Crippen LogP contribution in [0.2, 0.25) is 0 Å². The largest absolute Gasteiger partial charge is 0.497 e. The van der Waals surface area contributed by atoms with Gasteiger partial charge in [0, 0.05) is 18.8 Å². The summed E-state index contributed by atoms with van der Waals surface area (Å²) in [6.07, 6.45) is 7.67. The van der Waals surface area contributed by atoms with Gasteiger partial charge in [0.25, 0.3) is 0 Å². The van der Waals surface area contributed by atoms with Gasteiger partial charge in [-0.05, 0) is 30.5 Å². The number of imidazole rings is 1. The third-order valence-electron chi connectivity index (χ3n) is 4.77. The lowest BCUT2D eigenvalue weighted by molar-refractivity contribution is -0.119. The Bertz CT molecular complexity index is 739. The second kappa shape index (κ2) is 9.80. The summed E-state index contributed by atoms with van der Waals surface area (Å²) in [6.45, 7) is 0.515. The summed E-state index contributed by atoms with van der Waals surface area (Å²) < 4.78 is 7.17. The molecule has 7 heteroatoms. The van der Waals surface area contributed by atoms with Crippen LogP contribution in [0, 0.1) is 0 Å². The molecule has 1 saturated carbocycles. The lowest BCUT2D eigenvalue weighted by atomic mass is 9.95. The van der Waals surface area contributed by atoms with Crippen LogP contribution in [0.5, 0.6) is 5.75 Å². The number of methoxy groups -OCH3 is 1. The molecule has 1 amide bonds. The maximum absolute atomic E-state index is 12.3. The van der Waals surface area contributed by atoms with Crippen molar-refractivity contribution in [2.45, 2.75) is 56.5 Å². The fourth-order valence-corrected chi connectivity index (χ4v) is 4.14. The molecule has 27 heavy (non-hydrogen) atoms. The minimum absolute atomic E-state index is 0.0523. The Morgan fingerprint density at radius 2 is 2.04 bits per heavy atom. The molecule has 0 unspecified atom stereocenters. The summed E-state index contributed by atoms with van der Waals surface area (Å²) in [4.78, 5) is 16.7. The number of hydrogen-bond donors (Lipinski definition) is 2. The van der Waals surface area contributed by atoms with Gasteiger partial charge in [-0.2, -0.15) is 0 Å². The third-order valence-corrected chi connectivity index (χ3v) is 5.76. The van der Waals surface area contributed by atoms with Gasteiger partial charge in [0.2, 0.25) is 5.91 Å². The lowest BCUT2D eigenvalue weighted by Crippen LogP contribution is -2.37. The van der Waals surface area contributed by atoms with E-state index in [9.17, 15) is 9.90 Å². The minimum Gasteiger partial charge on any atom is -0.497 e. The standard InChI is InChI=1S/C20H27N3O3S/c1-26-18-9-7-15(8-10-18)11-23-12-17(13-24)22-20(23)27-14-19(25)21-16-5-3-2-4-6-16/h7-10,12,16,24H,2-6,11,13-14H2,1H3,(H,21,25). The molecule has 0 atom stereocenters. The van der Waals surface area contributed by atoms with E-state index >= 15 is 0 Å². The molecule has 6 nitrogen and oxygen atoms in total. The van der Waals surface area contributed by atoms with Crippen molar-refractivity contribution in [1.82, 2.24) is 14.9 Å². The summed E-state index contributed by atoms with van der Waals surface area (Å²) in [7, 11) is 1.64. The van der Waals surface area contributed by atoms with Gasteiger partial charge in [-0.15, -0.1) is 0 Å². The number of nitrogens with one attached hydrogen (secondary N) is 1. The Kier molecular flexibility index (Phi) is 7.18. The van der Waals surface area contributed by atoms with Gasteiger partial charge in [0.15, 0.2) is 5.16 Å². The SMILES string of the molecule is COc1ccc(Cn2cc(CO)nc2SCC(=O)NC2CCCCC2)cc1. The van der Waals surface area contributed by atoms with Crippen molar-refractivity contribution in [2.24, 2.45) is 0 Å². The fourth-order valence-electron chi connectivity index (χ4n) is 3.33. The van der Waals surface area contributed by atoms with Gasteiger partial charge in [-0.1, -0.05) is 43.2 Å². The van der Waals surface area contributed by atoms with E-state index in [1.54, 1.807) is 7.11 Å². The summed E-state index contributed by atoms with van der Waals surface area (Å²) in [6, 6.07) is 8.16. The molecule has 1 aliphatic carbocycles. The molecule has 0 aliphatic heterocycles. The number of rotatable bonds is 8. The molecular weight excluding hydrogens is 362 g/mol. The minimum atomic E-state index is -0.114. The molecule has 0 spiro atoms. The van der Waals surface area contributed by atoms with Crippen molar-refractivity contribution < 1.29 is 14.6 Å². The Hall–Kier alpha value is -1.99. The molecule has 2 N–H and O–H groups in total. The maximum atomic E-state index is 12.3. The number of ether oxygens (including phenoxy) is 1. The number of nitrogens with zero attached hydrogens (tertiary/aromatic N) is 2. The maximum Gasteiger partial charge on any atom is 0.230 e. The predicted molar refractivity (Wildman–Crippen MR) is 106 cm³/mol. The van der Waals surface area contributed by atoms with Crippen molar-refractivity contribution in [3.8, 4) is 5.75 Å². The molecule has 146 valence electrons. The molecule has 3 rings (SSSR count). The number of benzene rings is 1. The van der Waals surface area contributed by atoms with Crippen LogP contribution in [0.1, 0.15) is 43.4 Å². The predicted octanol–water partition coefficient (Wildman–Crippen LogP) is 2.97. The normalized spacial score (nSPS) is 14.9. The number of aliphatic hydroxyl groups is 1. The van der Waals surface area contributed by atoms with Crippen LogP contribution < -0.4 is 10.1 Å². The van der Waals surface area contributed by atoms with Gasteiger partial charge < -0.3 is 19.7 Å². The monoisotopic (exact) mass is 389 g/mol. The molecule has 2 aromatic rings. The van der Waals surface area contributed by atoms with E-state index < -0.39 is 0 Å². The molecule has 1 heterocycles. The summed E-state index contributed by atoms with van der Waals surface area (Å²) in [5, 5.41) is 13.3. The highest BCUT2D eigenvalue weighted by atomic mass is 32.2. The van der Waals surface area contributed by atoms with E-state index in [0.29, 0.717) is 24.0 Å². The first-order valence-corrected chi connectivity index (χ1v) is 10.4. The molecule has 1 aromatic carbocycles. The lowest BCUT2D eigenvalue weighted by Gasteiger charge is -2.22. The van der Waals surface area contributed by atoms with Gasteiger partial charge in [0.1, 0.15) is 5.75 Å². The topological polar surface area (TPSA) is 76.4 Å². The van der Waals surface area contributed by atoms with Crippen LogP contribution in [0.25, 0.3) is 0 Å². The Morgan fingerprint density at radius 1 is 1.30 bits per heavy atom. The highest BCUT2D eigenvalue weighted by Crippen LogP contribution is 2.21. The number of carbonyl (C=O) groups excluding carboxylic acids is 1. The zero-order chi connectivity index (χ0) is 19.1. The summed E-state index contributed by atoms with van der Waals surface area (Å²) >= 11 is 1.41. The number of hydrogen-bond acceptors (Lipinski definition) is 5. The number of thioether (sulfide) groups is 1. The van der Waals surface area contributed by atoms with Crippen molar-refractivity contribution in [3.63, 3.8) is 0 Å². The van der Waals surface area contributed by atoms with E-state index in [1.807, 2.05) is 35.0 Å². The van der Waals surface area contributed by atoms with Crippen LogP contribution in [-0.2, 0) is 17.9 Å². The van der Waals surface area contributed by atoms with Gasteiger partial charge >= 0.3 is 0 Å². The van der Waals surface area contributed by atoms with Crippen LogP contribution >= 0.6 is 11.8 Å². The first-order chi connectivity index (χ1) is 13.2. The Labute approximate surface area is 164 Å². The number of aliphatic hydroxyl groups excluding tert-OH is 1. The fraction of sp³-hybridized carbons (Fsp3) is 0.500. The van der Waals surface area contributed by atoms with Gasteiger partial charge in [0.05, 0.1) is 25.2 Å². The van der Waals surface area contributed by atoms with Crippen molar-refractivity contribution in [2.75, 3.05) is 12.9 Å². The average Bonchev–Trinajstić information content (AvgIpc) is 3.09. The molecule has 1 fully saturated rings. The molecule has 0 saturated heterocycles. The van der Waals surface area contributed by atoms with E-state index in [2.05, 4.69) is 10.3 Å². The Balaban J connectivity index is 1.60. The highest BCUT2D eigenvalue weighted by molar-refractivity contribution is 7.99. The Morgan fingerprint density at radius 3 is 2.70 bits per heavy atom. The van der Waals surface area contributed by atoms with E-state index in [1.165, 1.54) is 31.0 Å². The average molecular weight is 390 g/mol. The first-order valence-electron chi connectivity index (χ1n) is 9.40. The van der Waals surface area contributed by atoms with Crippen LogP contribution in [-0.4, -0.2) is 39.5 Å². The molecule has 0 bridgehead atoms. The number of carbonyl (C=O) groups is 1. The van der Waals surface area contributed by atoms with E-state index in [-0.39, 0.29) is 12.5 Å².